The maximum absolute atomic E-state index is 12.6. The number of ether oxygens (including phenoxy) is 2. The molecule has 0 amide bonds. The van der Waals surface area contributed by atoms with Gasteiger partial charge in [-0.15, -0.1) is 0 Å². The minimum atomic E-state index is -0.385. The molecule has 0 unspecified atom stereocenters. The van der Waals surface area contributed by atoms with Crippen LogP contribution >= 0.6 is 15.9 Å². The van der Waals surface area contributed by atoms with Crippen molar-refractivity contribution in [2.24, 2.45) is 0 Å². The molecule has 0 atom stereocenters. The summed E-state index contributed by atoms with van der Waals surface area (Å²) in [7, 11) is 3.11. The number of hydrogen-bond acceptors (Lipinski definition) is 5. The van der Waals surface area contributed by atoms with Crippen molar-refractivity contribution in [1.82, 2.24) is 0 Å². The van der Waals surface area contributed by atoms with Crippen LogP contribution in [-0.2, 0) is 0 Å². The number of nitrogens with one attached hydrogen (secondary N) is 1. The monoisotopic (exact) mass is 417 g/mol. The van der Waals surface area contributed by atoms with Gasteiger partial charge in [-0.25, -0.2) is 0 Å². The van der Waals surface area contributed by atoms with Crippen molar-refractivity contribution in [3.8, 4) is 11.5 Å². The number of allylic oxidation sites excluding steroid dienone is 1. The van der Waals surface area contributed by atoms with Crippen molar-refractivity contribution in [2.45, 2.75) is 6.92 Å². The number of carbonyl (C=O) groups is 1. The van der Waals surface area contributed by atoms with Gasteiger partial charge >= 0.3 is 0 Å². The molecule has 2 aromatic rings. The number of hydrogen-bond donors (Lipinski definition) is 1. The first-order valence-corrected chi connectivity index (χ1v) is 8.81. The van der Waals surface area contributed by atoms with Gasteiger partial charge in [0.1, 0.15) is 11.5 Å². The molecule has 0 aliphatic rings. The minimum Gasteiger partial charge on any atom is -0.497 e. The van der Waals surface area contributed by atoms with Gasteiger partial charge in [-0.1, -0.05) is 15.9 Å². The van der Waals surface area contributed by atoms with E-state index in [1.807, 2.05) is 6.92 Å². The first-order valence-electron chi connectivity index (χ1n) is 8.02. The molecule has 5 nitrogen and oxygen atoms in total. The first-order chi connectivity index (χ1) is 12.5. The Kier molecular flexibility index (Phi) is 6.97. The molecule has 0 saturated carbocycles. The molecule has 0 spiro atoms. The second-order valence-electron chi connectivity index (χ2n) is 5.35. The van der Waals surface area contributed by atoms with Crippen LogP contribution < -0.4 is 20.2 Å². The van der Waals surface area contributed by atoms with Crippen LogP contribution in [0.5, 0.6) is 11.5 Å². The maximum Gasteiger partial charge on any atom is 0.212 e. The normalized spacial score (nSPS) is 10.6. The zero-order valence-corrected chi connectivity index (χ0v) is 16.4. The van der Waals surface area contributed by atoms with Gasteiger partial charge < -0.3 is 14.8 Å². The van der Waals surface area contributed by atoms with E-state index in [0.29, 0.717) is 33.8 Å². The van der Waals surface area contributed by atoms with E-state index >= 15 is 0 Å². The highest BCUT2D eigenvalue weighted by Gasteiger charge is 2.11. The maximum atomic E-state index is 12.6. The van der Waals surface area contributed by atoms with Gasteiger partial charge in [0, 0.05) is 22.6 Å². The molecule has 0 heterocycles. The lowest BCUT2D eigenvalue weighted by Gasteiger charge is -2.07. The molecule has 26 heavy (non-hydrogen) atoms. The Bertz CT molecular complexity index is 893. The molecule has 0 saturated heterocycles. The summed E-state index contributed by atoms with van der Waals surface area (Å²) in [5.74, 6) is 0.842. The summed E-state index contributed by atoms with van der Waals surface area (Å²) in [5, 5.41) is 2.98. The van der Waals surface area contributed by atoms with Crippen LogP contribution in [0.1, 0.15) is 22.8 Å². The van der Waals surface area contributed by atoms with Gasteiger partial charge in [-0.05, 0) is 49.4 Å². The van der Waals surface area contributed by atoms with E-state index in [1.54, 1.807) is 50.6 Å². The zero-order chi connectivity index (χ0) is 19.1. The van der Waals surface area contributed by atoms with Crippen molar-refractivity contribution in [1.29, 1.82) is 0 Å². The molecule has 0 radical (unpaired) electrons. The van der Waals surface area contributed by atoms with Crippen molar-refractivity contribution in [3.05, 3.63) is 68.3 Å². The summed E-state index contributed by atoms with van der Waals surface area (Å²) < 4.78 is 11.1. The quantitative estimate of drug-likeness (QED) is 0.541. The van der Waals surface area contributed by atoms with E-state index < -0.39 is 0 Å². The topological polar surface area (TPSA) is 64.6 Å². The molecule has 0 aromatic heterocycles. The lowest BCUT2D eigenvalue weighted by molar-refractivity contribution is 0.104. The van der Waals surface area contributed by atoms with E-state index in [1.165, 1.54) is 12.1 Å². The Balaban J connectivity index is 2.41. The van der Waals surface area contributed by atoms with Crippen molar-refractivity contribution in [2.75, 3.05) is 26.1 Å². The number of halogens is 1. The Morgan fingerprint density at radius 3 is 2.58 bits per heavy atom. The summed E-state index contributed by atoms with van der Waals surface area (Å²) in [6.45, 7) is 2.47. The molecule has 6 heteroatoms. The highest BCUT2D eigenvalue weighted by atomic mass is 79.9. The first kappa shape index (κ1) is 19.7. The van der Waals surface area contributed by atoms with E-state index in [2.05, 4.69) is 21.2 Å². The predicted octanol–water partition coefficient (Wildman–Crippen LogP) is 4.15. The Morgan fingerprint density at radius 2 is 1.92 bits per heavy atom. The molecule has 2 rings (SSSR count). The summed E-state index contributed by atoms with van der Waals surface area (Å²) >= 11 is 3.34. The molecule has 2 aromatic carbocycles. The Hall–Kier alpha value is -2.60. The smallest absolute Gasteiger partial charge is 0.212 e. The van der Waals surface area contributed by atoms with Gasteiger partial charge in [0.15, 0.2) is 5.78 Å². The third kappa shape index (κ3) is 4.73. The fourth-order valence-corrected chi connectivity index (χ4v) is 2.72. The molecule has 0 fully saturated rings. The number of methoxy groups -OCH3 is 2. The second kappa shape index (κ2) is 9.20. The molecule has 136 valence electrons. The third-order valence-electron chi connectivity index (χ3n) is 3.67. The number of rotatable bonds is 7. The fourth-order valence-electron chi connectivity index (χ4n) is 2.36. The van der Waals surface area contributed by atoms with Crippen LogP contribution in [-0.4, -0.2) is 26.5 Å². The minimum absolute atomic E-state index is 0.0848. The van der Waals surface area contributed by atoms with E-state index in [9.17, 15) is 9.59 Å². The SMILES string of the molecule is CCNc1ccc(Br)cc(C(=O)/C=C\c2ccc(OC)cc2OC)c1=O. The average Bonchev–Trinajstić information content (AvgIpc) is 2.79. The van der Waals surface area contributed by atoms with Gasteiger partial charge in [0.05, 0.1) is 25.5 Å². The number of anilines is 1. The average molecular weight is 418 g/mol. The summed E-state index contributed by atoms with van der Waals surface area (Å²) in [6.07, 6.45) is 2.98. The van der Waals surface area contributed by atoms with Crippen LogP contribution in [0, 0.1) is 0 Å². The third-order valence-corrected chi connectivity index (χ3v) is 4.16. The molecule has 0 aliphatic heterocycles. The van der Waals surface area contributed by atoms with Crippen molar-refractivity contribution in [3.63, 3.8) is 0 Å². The molecule has 0 bridgehead atoms. The molecule has 1 N–H and O–H groups in total. The summed E-state index contributed by atoms with van der Waals surface area (Å²) in [6, 6.07) is 10.2. The van der Waals surface area contributed by atoms with Gasteiger partial charge in [-0.3, -0.25) is 9.59 Å². The summed E-state index contributed by atoms with van der Waals surface area (Å²) in [5.41, 5.74) is 0.841. The standard InChI is InChI=1S/C20H20BrNO4/c1-4-22-17-9-7-14(21)11-16(20(17)24)18(23)10-6-13-5-8-15(25-2)12-19(13)26-3/h5-12H,4H2,1-3H3,(H,22,24)/b10-6-. The van der Waals surface area contributed by atoms with Crippen LogP contribution in [0.25, 0.3) is 6.08 Å². The molecular weight excluding hydrogens is 398 g/mol. The van der Waals surface area contributed by atoms with Crippen LogP contribution in [0.2, 0.25) is 0 Å². The number of benzene rings is 1. The van der Waals surface area contributed by atoms with Gasteiger partial charge in [0.2, 0.25) is 5.43 Å². The molecular formula is C20H20BrNO4. The molecule has 0 aliphatic carbocycles. The largest absolute Gasteiger partial charge is 0.497 e. The van der Waals surface area contributed by atoms with E-state index in [0.717, 1.165) is 0 Å². The van der Waals surface area contributed by atoms with E-state index in [4.69, 9.17) is 9.47 Å². The van der Waals surface area contributed by atoms with Crippen LogP contribution in [0.15, 0.2) is 51.7 Å². The lowest BCUT2D eigenvalue weighted by atomic mass is 10.1. The van der Waals surface area contributed by atoms with E-state index in [-0.39, 0.29) is 16.8 Å². The highest BCUT2D eigenvalue weighted by Crippen LogP contribution is 2.25. The second-order valence-corrected chi connectivity index (χ2v) is 6.27. The van der Waals surface area contributed by atoms with Crippen molar-refractivity contribution < 1.29 is 14.3 Å². The number of carbonyl (C=O) groups excluding carboxylic acids is 1. The van der Waals surface area contributed by atoms with Crippen LogP contribution in [0.3, 0.4) is 0 Å². The Labute approximate surface area is 160 Å². The van der Waals surface area contributed by atoms with Gasteiger partial charge in [-0.2, -0.15) is 0 Å². The lowest BCUT2D eigenvalue weighted by Crippen LogP contribution is -2.15. The van der Waals surface area contributed by atoms with Gasteiger partial charge in [0.25, 0.3) is 0 Å². The Morgan fingerprint density at radius 1 is 1.15 bits per heavy atom. The predicted molar refractivity (Wildman–Crippen MR) is 107 cm³/mol. The van der Waals surface area contributed by atoms with Crippen molar-refractivity contribution >= 4 is 33.5 Å². The highest BCUT2D eigenvalue weighted by molar-refractivity contribution is 9.10. The van der Waals surface area contributed by atoms with Crippen LogP contribution in [0.4, 0.5) is 5.69 Å². The number of ketones is 1. The zero-order valence-electron chi connectivity index (χ0n) is 14.8. The summed E-state index contributed by atoms with van der Waals surface area (Å²) in [4.78, 5) is 25.2. The fraction of sp³-hybridized carbons (Fsp3) is 0.200.